The topological polar surface area (TPSA) is 39.1 Å². The fourth-order valence-electron chi connectivity index (χ4n) is 0.636. The first-order valence-electron chi connectivity index (χ1n) is 2.40. The number of hydrogen-bond acceptors (Lipinski definition) is 1. The van der Waals surface area contributed by atoms with Gasteiger partial charge in [0.1, 0.15) is 0 Å². The van der Waals surface area contributed by atoms with E-state index in [1.54, 1.807) is 0 Å². The Kier molecular flexibility index (Phi) is 1.59. The first-order chi connectivity index (χ1) is 3.70. The molecule has 1 rings (SSSR count). The van der Waals surface area contributed by atoms with Gasteiger partial charge in [-0.05, 0) is 0 Å². The van der Waals surface area contributed by atoms with Gasteiger partial charge in [0.25, 0.3) is 0 Å². The van der Waals surface area contributed by atoms with Gasteiger partial charge in [0.05, 0.1) is 4.05 Å². The molecule has 2 N–H and O–H groups in total. The first kappa shape index (κ1) is 6.12. The van der Waals surface area contributed by atoms with Crippen LogP contribution in [0.25, 0.3) is 0 Å². The molecule has 8 heavy (non-hydrogen) atoms. The van der Waals surface area contributed by atoms with Gasteiger partial charge in [-0.1, -0.05) is 22.6 Å². The monoisotopic (exact) mass is 225 g/mol. The summed E-state index contributed by atoms with van der Waals surface area (Å²) in [6, 6.07) is 0. The van der Waals surface area contributed by atoms with Crippen molar-refractivity contribution in [1.82, 2.24) is 10.2 Å². The maximum Gasteiger partial charge on any atom is 0.191 e. The summed E-state index contributed by atoms with van der Waals surface area (Å²) in [5.74, 6) is 0.532. The summed E-state index contributed by atoms with van der Waals surface area (Å²) in [7, 11) is 1.91. The van der Waals surface area contributed by atoms with Crippen molar-refractivity contribution < 1.29 is 0 Å². The molecule has 46 valence electrons. The van der Waals surface area contributed by atoms with E-state index in [1.807, 2.05) is 11.9 Å². The molecular weight excluding hydrogens is 217 g/mol. The molecule has 0 bridgehead atoms. The predicted molar refractivity (Wildman–Crippen MR) is 41.3 cm³/mol. The van der Waals surface area contributed by atoms with Crippen LogP contribution in [0.3, 0.4) is 0 Å². The average molecular weight is 225 g/mol. The number of guanidine groups is 1. The largest absolute Gasteiger partial charge is 0.343 e. The van der Waals surface area contributed by atoms with E-state index < -0.39 is 0 Å². The zero-order valence-corrected chi connectivity index (χ0v) is 6.77. The van der Waals surface area contributed by atoms with E-state index in [2.05, 4.69) is 27.9 Å². The lowest BCUT2D eigenvalue weighted by Gasteiger charge is -2.04. The van der Waals surface area contributed by atoms with Crippen LogP contribution < -0.4 is 5.32 Å². The molecule has 0 saturated carbocycles. The van der Waals surface area contributed by atoms with Crippen molar-refractivity contribution in [3.63, 3.8) is 0 Å². The minimum Gasteiger partial charge on any atom is -0.343 e. The van der Waals surface area contributed by atoms with Gasteiger partial charge in [-0.2, -0.15) is 0 Å². The summed E-state index contributed by atoms with van der Waals surface area (Å²) in [5.41, 5.74) is 0. The molecule has 1 aliphatic rings. The van der Waals surface area contributed by atoms with Crippen molar-refractivity contribution in [1.29, 1.82) is 5.41 Å². The molecule has 0 aromatic rings. The number of hydrogen-bond donors (Lipinski definition) is 2. The minimum atomic E-state index is 0.421. The molecule has 1 unspecified atom stereocenters. The Morgan fingerprint density at radius 3 is 2.75 bits per heavy atom. The van der Waals surface area contributed by atoms with E-state index in [4.69, 9.17) is 5.41 Å². The van der Waals surface area contributed by atoms with Gasteiger partial charge in [0.2, 0.25) is 0 Å². The second-order valence-corrected chi connectivity index (χ2v) is 3.34. The van der Waals surface area contributed by atoms with Gasteiger partial charge in [0, 0.05) is 13.6 Å². The molecule has 0 aromatic carbocycles. The first-order valence-corrected chi connectivity index (χ1v) is 3.65. The van der Waals surface area contributed by atoms with Crippen LogP contribution >= 0.6 is 22.6 Å². The normalized spacial score (nSPS) is 28.5. The van der Waals surface area contributed by atoms with E-state index in [9.17, 15) is 0 Å². The fraction of sp³-hybridized carbons (Fsp3) is 0.750. The quantitative estimate of drug-likeness (QED) is 0.351. The van der Waals surface area contributed by atoms with Gasteiger partial charge in [-0.3, -0.25) is 5.41 Å². The fourth-order valence-corrected chi connectivity index (χ4v) is 1.52. The standard InChI is InChI=1S/C4H8IN3/c1-8-2-3(5)7-4(8)6/h3H,2H2,1H3,(H2,6,7). The maximum atomic E-state index is 7.20. The summed E-state index contributed by atoms with van der Waals surface area (Å²) < 4.78 is 0.421. The third kappa shape index (κ3) is 1.04. The van der Waals surface area contributed by atoms with E-state index in [1.165, 1.54) is 0 Å². The van der Waals surface area contributed by atoms with Crippen LogP contribution in [0.15, 0.2) is 0 Å². The molecule has 1 heterocycles. The lowest BCUT2D eigenvalue weighted by molar-refractivity contribution is 0.555. The zero-order valence-electron chi connectivity index (χ0n) is 4.61. The van der Waals surface area contributed by atoms with Gasteiger partial charge >= 0.3 is 0 Å². The highest BCUT2D eigenvalue weighted by atomic mass is 127. The lowest BCUT2D eigenvalue weighted by atomic mass is 10.7. The summed E-state index contributed by atoms with van der Waals surface area (Å²) in [6.45, 7) is 0.944. The minimum absolute atomic E-state index is 0.421. The predicted octanol–water partition coefficient (Wildman–Crippen LogP) is 0.217. The molecule has 3 nitrogen and oxygen atoms in total. The van der Waals surface area contributed by atoms with Gasteiger partial charge < -0.3 is 10.2 Å². The van der Waals surface area contributed by atoms with Crippen molar-refractivity contribution >= 4 is 28.6 Å². The highest BCUT2D eigenvalue weighted by Crippen LogP contribution is 2.04. The van der Waals surface area contributed by atoms with Crippen LogP contribution in [-0.4, -0.2) is 28.5 Å². The molecule has 0 spiro atoms. The van der Waals surface area contributed by atoms with E-state index in [0.29, 0.717) is 10.0 Å². The van der Waals surface area contributed by atoms with Crippen molar-refractivity contribution in [3.8, 4) is 0 Å². The van der Waals surface area contributed by atoms with Crippen LogP contribution in [0.1, 0.15) is 0 Å². The van der Waals surface area contributed by atoms with Crippen molar-refractivity contribution in [2.45, 2.75) is 4.05 Å². The molecule has 1 aliphatic heterocycles. The van der Waals surface area contributed by atoms with Crippen LogP contribution in [-0.2, 0) is 0 Å². The summed E-state index contributed by atoms with van der Waals surface area (Å²) in [5, 5.41) is 10.2. The number of nitrogens with one attached hydrogen (secondary N) is 2. The Balaban J connectivity index is 2.51. The smallest absolute Gasteiger partial charge is 0.191 e. The Hall–Kier alpha value is 0. The van der Waals surface area contributed by atoms with Gasteiger partial charge in [-0.25, -0.2) is 0 Å². The molecule has 1 atom stereocenters. The average Bonchev–Trinajstić information content (AvgIpc) is 1.85. The van der Waals surface area contributed by atoms with Crippen LogP contribution in [0.2, 0.25) is 0 Å². The molecular formula is C4H8IN3. The lowest BCUT2D eigenvalue weighted by Crippen LogP contribution is -2.25. The van der Waals surface area contributed by atoms with Crippen LogP contribution in [0.5, 0.6) is 0 Å². The molecule has 4 heteroatoms. The third-order valence-electron chi connectivity index (χ3n) is 1.11. The molecule has 1 saturated heterocycles. The summed E-state index contributed by atoms with van der Waals surface area (Å²) >= 11 is 2.27. The van der Waals surface area contributed by atoms with Gasteiger partial charge in [-0.15, -0.1) is 0 Å². The number of rotatable bonds is 0. The SMILES string of the molecule is CN1CC(I)NC1=N. The second-order valence-electron chi connectivity index (χ2n) is 1.84. The van der Waals surface area contributed by atoms with Gasteiger partial charge in [0.15, 0.2) is 5.96 Å². The number of likely N-dealkylation sites (N-methyl/N-ethyl adjacent to an activating group) is 1. The number of halogens is 1. The summed E-state index contributed by atoms with van der Waals surface area (Å²) in [4.78, 5) is 1.89. The van der Waals surface area contributed by atoms with Crippen molar-refractivity contribution in [3.05, 3.63) is 0 Å². The van der Waals surface area contributed by atoms with Crippen molar-refractivity contribution in [2.75, 3.05) is 13.6 Å². The molecule has 0 aromatic heterocycles. The molecule has 0 radical (unpaired) electrons. The summed E-state index contributed by atoms with van der Waals surface area (Å²) in [6.07, 6.45) is 0. The molecule has 0 amide bonds. The Morgan fingerprint density at radius 1 is 2.00 bits per heavy atom. The molecule has 1 fully saturated rings. The Labute approximate surface area is 62.1 Å². The highest BCUT2D eigenvalue weighted by Gasteiger charge is 2.18. The molecule has 0 aliphatic carbocycles. The van der Waals surface area contributed by atoms with Crippen LogP contribution in [0.4, 0.5) is 0 Å². The van der Waals surface area contributed by atoms with E-state index in [0.717, 1.165) is 6.54 Å². The van der Waals surface area contributed by atoms with E-state index >= 15 is 0 Å². The Morgan fingerprint density at radius 2 is 2.62 bits per heavy atom. The maximum absolute atomic E-state index is 7.20. The number of alkyl halides is 1. The number of nitrogens with zero attached hydrogens (tertiary/aromatic N) is 1. The zero-order chi connectivity index (χ0) is 6.15. The van der Waals surface area contributed by atoms with Crippen LogP contribution in [0, 0.1) is 5.41 Å². The highest BCUT2D eigenvalue weighted by molar-refractivity contribution is 14.1. The van der Waals surface area contributed by atoms with E-state index in [-0.39, 0.29) is 0 Å². The van der Waals surface area contributed by atoms with Crippen molar-refractivity contribution in [2.24, 2.45) is 0 Å². The third-order valence-corrected chi connectivity index (χ3v) is 1.81. The second kappa shape index (κ2) is 2.08. The Bertz CT molecular complexity index is 114.